The lowest BCUT2D eigenvalue weighted by atomic mass is 10.0. The molecule has 0 fully saturated rings. The molecule has 6 nitrogen and oxygen atoms in total. The van der Waals surface area contributed by atoms with Gasteiger partial charge in [0.25, 0.3) is 0 Å². The van der Waals surface area contributed by atoms with Gasteiger partial charge in [-0.05, 0) is 26.0 Å². The normalized spacial score (nSPS) is 13.8. The van der Waals surface area contributed by atoms with Gasteiger partial charge >= 0.3 is 12.2 Å². The standard InChI is InChI=1S/C17H17ClF3N5O/c1-8(2)23-16(27)26-6-11-13(7-26)24-15(22)25-14(11)10-4-3-9(5-12(10)18)17(19,20)21/h3-5,8H,6-7H2,1-2H3,(H,23,27)(H2,22,24,25). The number of amides is 2. The number of carbonyl (C=O) groups is 1. The second-order valence-corrected chi connectivity index (χ2v) is 6.92. The molecule has 10 heteroatoms. The highest BCUT2D eigenvalue weighted by Gasteiger charge is 2.33. The van der Waals surface area contributed by atoms with Gasteiger partial charge in [-0.1, -0.05) is 17.7 Å². The van der Waals surface area contributed by atoms with Crippen LogP contribution in [0.1, 0.15) is 30.7 Å². The van der Waals surface area contributed by atoms with Crippen LogP contribution in [0.25, 0.3) is 11.3 Å². The summed E-state index contributed by atoms with van der Waals surface area (Å²) in [6.45, 7) is 4.12. The van der Waals surface area contributed by atoms with Crippen molar-refractivity contribution in [1.82, 2.24) is 20.2 Å². The Hall–Kier alpha value is -2.55. The Labute approximate surface area is 158 Å². The van der Waals surface area contributed by atoms with Crippen molar-refractivity contribution in [2.75, 3.05) is 5.73 Å². The summed E-state index contributed by atoms with van der Waals surface area (Å²) in [5.41, 5.74) is 6.70. The van der Waals surface area contributed by atoms with E-state index in [-0.39, 0.29) is 36.1 Å². The SMILES string of the molecule is CC(C)NC(=O)N1Cc2nc(N)nc(-c3ccc(C(F)(F)F)cc3Cl)c2C1. The molecule has 144 valence electrons. The van der Waals surface area contributed by atoms with Crippen molar-refractivity contribution in [3.8, 4) is 11.3 Å². The lowest BCUT2D eigenvalue weighted by Crippen LogP contribution is -2.40. The van der Waals surface area contributed by atoms with Crippen molar-refractivity contribution < 1.29 is 18.0 Å². The fraction of sp³-hybridized carbons (Fsp3) is 0.353. The van der Waals surface area contributed by atoms with E-state index in [1.165, 1.54) is 11.0 Å². The first kappa shape index (κ1) is 19.2. The molecule has 2 aromatic rings. The highest BCUT2D eigenvalue weighted by Crippen LogP contribution is 2.38. The molecule has 0 unspecified atom stereocenters. The van der Waals surface area contributed by atoms with E-state index in [2.05, 4.69) is 15.3 Å². The molecule has 1 aromatic carbocycles. The third-order valence-corrected chi connectivity index (χ3v) is 4.36. The predicted octanol–water partition coefficient (Wildman–Crippen LogP) is 3.83. The maximum atomic E-state index is 12.9. The van der Waals surface area contributed by atoms with E-state index < -0.39 is 11.7 Å². The summed E-state index contributed by atoms with van der Waals surface area (Å²) >= 11 is 6.10. The molecular weight excluding hydrogens is 383 g/mol. The zero-order chi connectivity index (χ0) is 19.9. The first-order valence-corrected chi connectivity index (χ1v) is 8.52. The highest BCUT2D eigenvalue weighted by atomic mass is 35.5. The maximum Gasteiger partial charge on any atom is 0.416 e. The molecule has 2 amide bonds. The van der Waals surface area contributed by atoms with Crippen LogP contribution in [0.15, 0.2) is 18.2 Å². The Kier molecular flexibility index (Phi) is 4.90. The van der Waals surface area contributed by atoms with E-state index in [1.807, 2.05) is 13.8 Å². The fourth-order valence-electron chi connectivity index (χ4n) is 2.86. The number of aromatic nitrogens is 2. The molecule has 27 heavy (non-hydrogen) atoms. The number of benzene rings is 1. The molecule has 3 rings (SSSR count). The minimum Gasteiger partial charge on any atom is -0.368 e. The molecule has 0 radical (unpaired) electrons. The second kappa shape index (κ2) is 6.88. The van der Waals surface area contributed by atoms with Crippen LogP contribution in [0, 0.1) is 0 Å². The zero-order valence-electron chi connectivity index (χ0n) is 14.6. The Balaban J connectivity index is 2.00. The lowest BCUT2D eigenvalue weighted by Gasteiger charge is -2.18. The second-order valence-electron chi connectivity index (χ2n) is 6.51. The van der Waals surface area contributed by atoms with Crippen molar-refractivity contribution in [3.63, 3.8) is 0 Å². The Morgan fingerprint density at radius 3 is 2.59 bits per heavy atom. The number of nitrogens with two attached hydrogens (primary N) is 1. The molecule has 1 aromatic heterocycles. The molecule has 0 bridgehead atoms. The van der Waals surface area contributed by atoms with Crippen molar-refractivity contribution in [1.29, 1.82) is 0 Å². The molecule has 0 spiro atoms. The average molecular weight is 400 g/mol. The van der Waals surface area contributed by atoms with Crippen LogP contribution >= 0.6 is 11.6 Å². The summed E-state index contributed by atoms with van der Waals surface area (Å²) in [6.07, 6.45) is -4.50. The van der Waals surface area contributed by atoms with Gasteiger partial charge < -0.3 is 16.0 Å². The lowest BCUT2D eigenvalue weighted by molar-refractivity contribution is -0.137. The van der Waals surface area contributed by atoms with E-state index >= 15 is 0 Å². The van der Waals surface area contributed by atoms with Crippen LogP contribution in [0.3, 0.4) is 0 Å². The van der Waals surface area contributed by atoms with E-state index in [0.717, 1.165) is 12.1 Å². The quantitative estimate of drug-likeness (QED) is 0.803. The third kappa shape index (κ3) is 3.92. The number of halogens is 4. The molecule has 1 aliphatic heterocycles. The fourth-order valence-corrected chi connectivity index (χ4v) is 3.13. The number of fused-ring (bicyclic) bond motifs is 1. The molecular formula is C17H17ClF3N5O. The third-order valence-electron chi connectivity index (χ3n) is 4.05. The number of alkyl halides is 3. The summed E-state index contributed by atoms with van der Waals surface area (Å²) in [5.74, 6) is -0.0363. The molecule has 1 aliphatic rings. The molecule has 3 N–H and O–H groups in total. The number of carbonyl (C=O) groups excluding carboxylic acids is 1. The largest absolute Gasteiger partial charge is 0.416 e. The Bertz CT molecular complexity index is 901. The topological polar surface area (TPSA) is 84.1 Å². The van der Waals surface area contributed by atoms with Crippen LogP contribution < -0.4 is 11.1 Å². The number of nitrogens with one attached hydrogen (secondary N) is 1. The van der Waals surface area contributed by atoms with Crippen LogP contribution in [-0.2, 0) is 19.3 Å². The summed E-state index contributed by atoms with van der Waals surface area (Å²) in [5, 5.41) is 2.68. The molecule has 2 heterocycles. The van der Waals surface area contributed by atoms with Gasteiger partial charge in [0.2, 0.25) is 5.95 Å². The number of rotatable bonds is 2. The smallest absolute Gasteiger partial charge is 0.368 e. The summed E-state index contributed by atoms with van der Waals surface area (Å²) in [4.78, 5) is 22.1. The van der Waals surface area contributed by atoms with E-state index in [9.17, 15) is 18.0 Å². The van der Waals surface area contributed by atoms with Crippen LogP contribution in [0.2, 0.25) is 5.02 Å². The van der Waals surface area contributed by atoms with Gasteiger partial charge in [0.05, 0.1) is 35.1 Å². The highest BCUT2D eigenvalue weighted by molar-refractivity contribution is 6.33. The Morgan fingerprint density at radius 2 is 2.00 bits per heavy atom. The maximum absolute atomic E-state index is 12.9. The van der Waals surface area contributed by atoms with Crippen molar-refractivity contribution in [2.45, 2.75) is 39.2 Å². The van der Waals surface area contributed by atoms with Gasteiger partial charge in [-0.25, -0.2) is 14.8 Å². The van der Waals surface area contributed by atoms with Crippen molar-refractivity contribution in [3.05, 3.63) is 40.0 Å². The summed E-state index contributed by atoms with van der Waals surface area (Å²) in [7, 11) is 0. The van der Waals surface area contributed by atoms with Crippen molar-refractivity contribution >= 4 is 23.6 Å². The van der Waals surface area contributed by atoms with E-state index in [0.29, 0.717) is 22.5 Å². The monoisotopic (exact) mass is 399 g/mol. The minimum absolute atomic E-state index is 0.0363. The van der Waals surface area contributed by atoms with E-state index in [4.69, 9.17) is 17.3 Å². The molecule has 0 saturated carbocycles. The number of hydrogen-bond acceptors (Lipinski definition) is 4. The van der Waals surface area contributed by atoms with Gasteiger partial charge in [-0.3, -0.25) is 0 Å². The van der Waals surface area contributed by atoms with Crippen LogP contribution in [-0.4, -0.2) is 26.9 Å². The Morgan fingerprint density at radius 1 is 1.30 bits per heavy atom. The van der Waals surface area contributed by atoms with Gasteiger partial charge in [0.15, 0.2) is 0 Å². The van der Waals surface area contributed by atoms with Gasteiger partial charge in [0.1, 0.15) is 0 Å². The zero-order valence-corrected chi connectivity index (χ0v) is 15.3. The minimum atomic E-state index is -4.50. The van der Waals surface area contributed by atoms with Gasteiger partial charge in [-0.15, -0.1) is 0 Å². The first-order valence-electron chi connectivity index (χ1n) is 8.14. The van der Waals surface area contributed by atoms with Crippen LogP contribution in [0.4, 0.5) is 23.9 Å². The number of nitrogen functional groups attached to an aromatic ring is 1. The number of nitrogens with zero attached hydrogens (tertiary/aromatic N) is 3. The van der Waals surface area contributed by atoms with Crippen molar-refractivity contribution in [2.24, 2.45) is 0 Å². The molecule has 0 aliphatic carbocycles. The number of urea groups is 1. The predicted molar refractivity (Wildman–Crippen MR) is 94.8 cm³/mol. The number of anilines is 1. The summed E-state index contributed by atoms with van der Waals surface area (Å²) < 4.78 is 38.6. The first-order chi connectivity index (χ1) is 12.6. The van der Waals surface area contributed by atoms with Gasteiger partial charge in [0, 0.05) is 17.2 Å². The molecule has 0 atom stereocenters. The average Bonchev–Trinajstić information content (AvgIpc) is 2.96. The molecule has 0 saturated heterocycles. The number of hydrogen-bond donors (Lipinski definition) is 2. The van der Waals surface area contributed by atoms with Crippen LogP contribution in [0.5, 0.6) is 0 Å². The summed E-state index contributed by atoms with van der Waals surface area (Å²) in [6, 6.07) is 2.72. The van der Waals surface area contributed by atoms with E-state index in [1.54, 1.807) is 0 Å². The van der Waals surface area contributed by atoms with Gasteiger partial charge in [-0.2, -0.15) is 13.2 Å².